The maximum Gasteiger partial charge on any atom is 0.180 e. The van der Waals surface area contributed by atoms with E-state index in [-0.39, 0.29) is 0 Å². The molecule has 0 atom stereocenters. The quantitative estimate of drug-likeness (QED) is 0.374. The van der Waals surface area contributed by atoms with Crippen LogP contribution in [0.15, 0.2) is 95.1 Å². The predicted molar refractivity (Wildman–Crippen MR) is 118 cm³/mol. The average Bonchev–Trinajstić information content (AvgIpc) is 2.74. The minimum absolute atomic E-state index is 0.454. The fourth-order valence-electron chi connectivity index (χ4n) is 2.50. The number of thioether (sulfide) groups is 1. The van der Waals surface area contributed by atoms with Crippen molar-refractivity contribution in [2.75, 3.05) is 11.9 Å². The largest absolute Gasteiger partial charge is 0.377 e. The van der Waals surface area contributed by atoms with Gasteiger partial charge in [-0.15, -0.1) is 5.10 Å². The highest BCUT2D eigenvalue weighted by Crippen LogP contribution is 2.22. The smallest absolute Gasteiger partial charge is 0.180 e. The molecule has 136 valence electrons. The molecule has 0 aliphatic rings. The van der Waals surface area contributed by atoms with Gasteiger partial charge in [0.05, 0.1) is 6.21 Å². The van der Waals surface area contributed by atoms with Crippen molar-refractivity contribution >= 4 is 34.5 Å². The van der Waals surface area contributed by atoms with E-state index in [1.54, 1.807) is 6.21 Å². The summed E-state index contributed by atoms with van der Waals surface area (Å²) in [4.78, 5) is 2.14. The third-order valence-electron chi connectivity index (χ3n) is 4.02. The van der Waals surface area contributed by atoms with Crippen molar-refractivity contribution in [1.29, 1.82) is 0 Å². The molecule has 0 saturated heterocycles. The van der Waals surface area contributed by atoms with Crippen LogP contribution in [0.1, 0.15) is 11.1 Å². The predicted octanol–water partition coefficient (Wildman–Crippen LogP) is 5.04. The van der Waals surface area contributed by atoms with E-state index >= 15 is 0 Å². The van der Waals surface area contributed by atoms with Gasteiger partial charge in [0.1, 0.15) is 0 Å². The highest BCUT2D eigenvalue weighted by molar-refractivity contribution is 8.13. The zero-order chi connectivity index (χ0) is 18.9. The van der Waals surface area contributed by atoms with E-state index in [4.69, 9.17) is 5.73 Å². The summed E-state index contributed by atoms with van der Waals surface area (Å²) < 4.78 is 0. The molecule has 0 fully saturated rings. The maximum atomic E-state index is 5.91. The number of rotatable bonds is 6. The molecule has 0 aliphatic carbocycles. The van der Waals surface area contributed by atoms with Crippen LogP contribution in [0.5, 0.6) is 0 Å². The molecule has 0 bridgehead atoms. The van der Waals surface area contributed by atoms with Gasteiger partial charge < -0.3 is 10.6 Å². The van der Waals surface area contributed by atoms with Gasteiger partial charge in [-0.25, -0.2) is 0 Å². The number of para-hydroxylation sites is 1. The molecule has 0 saturated carbocycles. The number of nitrogens with two attached hydrogens (primary N) is 1. The number of benzene rings is 3. The van der Waals surface area contributed by atoms with E-state index in [0.29, 0.717) is 5.17 Å². The Hall–Kier alpha value is -3.05. The summed E-state index contributed by atoms with van der Waals surface area (Å²) in [5.74, 6) is 0.784. The van der Waals surface area contributed by atoms with E-state index in [9.17, 15) is 0 Å². The van der Waals surface area contributed by atoms with E-state index in [1.807, 2.05) is 55.6 Å². The van der Waals surface area contributed by atoms with Gasteiger partial charge in [-0.1, -0.05) is 72.4 Å². The van der Waals surface area contributed by atoms with Crippen LogP contribution in [0, 0.1) is 0 Å². The first-order valence-corrected chi connectivity index (χ1v) is 9.63. The minimum atomic E-state index is 0.454. The summed E-state index contributed by atoms with van der Waals surface area (Å²) in [5.41, 5.74) is 10.4. The van der Waals surface area contributed by atoms with Gasteiger partial charge in [0.15, 0.2) is 5.17 Å². The lowest BCUT2D eigenvalue weighted by atomic mass is 10.2. The molecule has 0 radical (unpaired) electrons. The van der Waals surface area contributed by atoms with Crippen molar-refractivity contribution < 1.29 is 0 Å². The second-order valence-electron chi connectivity index (χ2n) is 5.94. The summed E-state index contributed by atoms with van der Waals surface area (Å²) in [6.45, 7) is 0. The molecule has 0 heterocycles. The van der Waals surface area contributed by atoms with Crippen molar-refractivity contribution in [3.05, 3.63) is 96.1 Å². The van der Waals surface area contributed by atoms with Crippen LogP contribution in [0.2, 0.25) is 0 Å². The summed E-state index contributed by atoms with van der Waals surface area (Å²) in [5, 5.41) is 8.60. The Morgan fingerprint density at radius 2 is 1.48 bits per heavy atom. The Morgan fingerprint density at radius 3 is 2.15 bits per heavy atom. The van der Waals surface area contributed by atoms with Crippen molar-refractivity contribution in [1.82, 2.24) is 0 Å². The van der Waals surface area contributed by atoms with Crippen LogP contribution < -0.4 is 10.6 Å². The lowest BCUT2D eigenvalue weighted by Gasteiger charge is -2.19. The Morgan fingerprint density at radius 1 is 0.889 bits per heavy atom. The molecule has 27 heavy (non-hydrogen) atoms. The van der Waals surface area contributed by atoms with E-state index in [0.717, 1.165) is 22.7 Å². The molecule has 5 heteroatoms. The Bertz CT molecular complexity index is 891. The molecular weight excluding hydrogens is 352 g/mol. The first-order valence-electron chi connectivity index (χ1n) is 8.64. The zero-order valence-corrected chi connectivity index (χ0v) is 16.0. The molecule has 0 amide bonds. The van der Waals surface area contributed by atoms with Crippen LogP contribution in [-0.2, 0) is 5.75 Å². The van der Waals surface area contributed by atoms with E-state index in [1.165, 1.54) is 17.3 Å². The standard InChI is InChI=1S/C22H22N4S/c1-26(20-10-6-3-7-11-20)21-14-12-18(13-15-21)16-24-25-22(23)27-17-19-8-4-2-5-9-19/h2-16H,17H2,1H3,(H2,23,25). The first kappa shape index (κ1) is 18.7. The molecule has 3 rings (SSSR count). The number of hydrogen-bond donors (Lipinski definition) is 1. The zero-order valence-electron chi connectivity index (χ0n) is 15.2. The van der Waals surface area contributed by atoms with Gasteiger partial charge in [-0.2, -0.15) is 5.10 Å². The fraction of sp³-hybridized carbons (Fsp3) is 0.0909. The van der Waals surface area contributed by atoms with Crippen LogP contribution in [0.4, 0.5) is 11.4 Å². The first-order chi connectivity index (χ1) is 13.2. The summed E-state index contributed by atoms with van der Waals surface area (Å²) >= 11 is 1.48. The number of anilines is 2. The van der Waals surface area contributed by atoms with Gasteiger partial charge >= 0.3 is 0 Å². The van der Waals surface area contributed by atoms with Crippen LogP contribution >= 0.6 is 11.8 Å². The summed E-state index contributed by atoms with van der Waals surface area (Å²) in [7, 11) is 2.05. The minimum Gasteiger partial charge on any atom is -0.377 e. The maximum absolute atomic E-state index is 5.91. The van der Waals surface area contributed by atoms with Gasteiger partial charge in [-0.3, -0.25) is 0 Å². The monoisotopic (exact) mass is 374 g/mol. The second-order valence-corrected chi connectivity index (χ2v) is 6.94. The summed E-state index contributed by atoms with van der Waals surface area (Å²) in [6.07, 6.45) is 1.71. The average molecular weight is 375 g/mol. The van der Waals surface area contributed by atoms with Crippen LogP contribution in [0.25, 0.3) is 0 Å². The van der Waals surface area contributed by atoms with Gasteiger partial charge in [0.2, 0.25) is 0 Å². The number of nitrogens with zero attached hydrogens (tertiary/aromatic N) is 3. The molecule has 0 unspecified atom stereocenters. The second kappa shape index (κ2) is 9.59. The van der Waals surface area contributed by atoms with Crippen molar-refractivity contribution in [3.63, 3.8) is 0 Å². The summed E-state index contributed by atoms with van der Waals surface area (Å²) in [6, 6.07) is 28.6. The lowest BCUT2D eigenvalue weighted by Crippen LogP contribution is -2.08. The van der Waals surface area contributed by atoms with Gasteiger partial charge in [0, 0.05) is 24.2 Å². The van der Waals surface area contributed by atoms with Crippen molar-refractivity contribution in [3.8, 4) is 0 Å². The van der Waals surface area contributed by atoms with Gasteiger partial charge in [-0.05, 0) is 35.4 Å². The Balaban J connectivity index is 1.56. The Kier molecular flexibility index (Phi) is 6.66. The highest BCUT2D eigenvalue weighted by atomic mass is 32.2. The third kappa shape index (κ3) is 5.72. The Labute approximate surface area is 164 Å². The highest BCUT2D eigenvalue weighted by Gasteiger charge is 2.02. The van der Waals surface area contributed by atoms with E-state index in [2.05, 4.69) is 51.5 Å². The van der Waals surface area contributed by atoms with Crippen molar-refractivity contribution in [2.24, 2.45) is 15.9 Å². The molecule has 3 aromatic carbocycles. The molecule has 4 nitrogen and oxygen atoms in total. The van der Waals surface area contributed by atoms with Gasteiger partial charge in [0.25, 0.3) is 0 Å². The van der Waals surface area contributed by atoms with Crippen LogP contribution in [-0.4, -0.2) is 18.4 Å². The SMILES string of the molecule is CN(c1ccccc1)c1ccc(C=NN=C(N)SCc2ccccc2)cc1. The molecule has 3 aromatic rings. The lowest BCUT2D eigenvalue weighted by molar-refractivity contribution is 1.21. The molecule has 2 N–H and O–H groups in total. The number of hydrogen-bond acceptors (Lipinski definition) is 4. The van der Waals surface area contributed by atoms with Crippen LogP contribution in [0.3, 0.4) is 0 Å². The normalized spacial score (nSPS) is 11.7. The number of amidine groups is 1. The molecule has 0 aromatic heterocycles. The van der Waals surface area contributed by atoms with Crippen molar-refractivity contribution in [2.45, 2.75) is 5.75 Å². The molecule has 0 aliphatic heterocycles. The third-order valence-corrected chi connectivity index (χ3v) is 4.87. The van der Waals surface area contributed by atoms with E-state index < -0.39 is 0 Å². The fourth-order valence-corrected chi connectivity index (χ4v) is 3.11. The molecular formula is C22H22N4S. The topological polar surface area (TPSA) is 54.0 Å². The molecule has 0 spiro atoms.